The zero-order valence-electron chi connectivity index (χ0n) is 25.1. The number of alkyl halides is 6. The number of carbonyl (C=O) groups is 2. The molecule has 0 saturated heterocycles. The summed E-state index contributed by atoms with van der Waals surface area (Å²) >= 11 is 0. The van der Waals surface area contributed by atoms with E-state index < -0.39 is 88.5 Å². The van der Waals surface area contributed by atoms with Crippen molar-refractivity contribution in [2.24, 2.45) is 0 Å². The van der Waals surface area contributed by atoms with Gasteiger partial charge < -0.3 is 23.7 Å². The topological polar surface area (TPSA) is 137 Å². The number of halogens is 6. The molecule has 3 heterocycles. The van der Waals surface area contributed by atoms with Gasteiger partial charge in [-0.15, -0.1) is 10.2 Å². The number of hydrogen-bond donors (Lipinski definition) is 1. The van der Waals surface area contributed by atoms with E-state index in [-0.39, 0.29) is 30.6 Å². The minimum absolute atomic E-state index is 0.0875. The quantitative estimate of drug-likeness (QED) is 0.316. The maximum Gasteiger partial charge on any atom is 0.426 e. The number of pyridine rings is 1. The molecule has 1 aliphatic heterocycles. The van der Waals surface area contributed by atoms with E-state index >= 15 is 0 Å². The molecule has 0 saturated carbocycles. The molecule has 246 valence electrons. The number of anilines is 1. The van der Waals surface area contributed by atoms with Gasteiger partial charge in [-0.25, -0.2) is 14.6 Å². The molecule has 0 fully saturated rings. The van der Waals surface area contributed by atoms with Crippen LogP contribution in [0.2, 0.25) is 0 Å². The molecule has 2 aromatic heterocycles. The standard InChI is InChI=1S/C27H34F6N4O7/c1-14-11-9-8-10-12-25(40,27(31,32)33)20-36-35-19(42-20)17-16(13-15(26(28,29)30)18(34-17)41-14)37(21(38)43-23(2,3)4)22(39)44-24(5,6)7/h13-14,40H,8-12H2,1-7H3/t14-,25-/m1/s1. The molecule has 44 heavy (non-hydrogen) atoms. The Morgan fingerprint density at radius 2 is 1.52 bits per heavy atom. The summed E-state index contributed by atoms with van der Waals surface area (Å²) < 4.78 is 107. The molecule has 0 spiro atoms. The van der Waals surface area contributed by atoms with Crippen LogP contribution >= 0.6 is 0 Å². The fourth-order valence-corrected chi connectivity index (χ4v) is 4.09. The molecule has 17 heteroatoms. The summed E-state index contributed by atoms with van der Waals surface area (Å²) in [6.45, 7) is 9.95. The van der Waals surface area contributed by atoms with E-state index in [0.717, 1.165) is 0 Å². The van der Waals surface area contributed by atoms with Gasteiger partial charge in [-0.05, 0) is 80.2 Å². The van der Waals surface area contributed by atoms with Crippen molar-refractivity contribution in [2.45, 2.75) is 116 Å². The first kappa shape index (κ1) is 34.9. The molecule has 1 N–H and O–H groups in total. The number of imide groups is 1. The predicted octanol–water partition coefficient (Wildman–Crippen LogP) is 7.31. The van der Waals surface area contributed by atoms with Gasteiger partial charge in [-0.3, -0.25) is 0 Å². The lowest BCUT2D eigenvalue weighted by atomic mass is 9.94. The zero-order chi connectivity index (χ0) is 33.5. The second-order valence-electron chi connectivity index (χ2n) is 12.3. The van der Waals surface area contributed by atoms with Crippen LogP contribution in [0.5, 0.6) is 5.88 Å². The van der Waals surface area contributed by atoms with Crippen LogP contribution in [0.25, 0.3) is 11.6 Å². The number of nitrogens with zero attached hydrogens (tertiary/aromatic N) is 4. The Morgan fingerprint density at radius 3 is 2.02 bits per heavy atom. The minimum atomic E-state index is -5.29. The summed E-state index contributed by atoms with van der Waals surface area (Å²) in [5.74, 6) is -3.31. The number of rotatable bonds is 1. The minimum Gasteiger partial charge on any atom is -0.474 e. The smallest absolute Gasteiger partial charge is 0.426 e. The Kier molecular flexibility index (Phi) is 9.54. The van der Waals surface area contributed by atoms with E-state index in [1.807, 2.05) is 0 Å². The normalized spacial score (nSPS) is 20.3. The molecule has 2 atom stereocenters. The third-order valence-corrected chi connectivity index (χ3v) is 6.08. The summed E-state index contributed by atoms with van der Waals surface area (Å²) in [4.78, 5) is 30.6. The second kappa shape index (κ2) is 12.0. The van der Waals surface area contributed by atoms with Gasteiger partial charge in [0.05, 0.1) is 11.8 Å². The predicted molar refractivity (Wildman–Crippen MR) is 141 cm³/mol. The highest BCUT2D eigenvalue weighted by Gasteiger charge is 2.58. The second-order valence-corrected chi connectivity index (χ2v) is 12.3. The fraction of sp³-hybridized carbons (Fsp3) is 0.667. The molecular formula is C27H34F6N4O7. The number of aromatic nitrogens is 3. The van der Waals surface area contributed by atoms with E-state index in [1.165, 1.54) is 48.5 Å². The molecule has 0 aromatic carbocycles. The molecule has 0 aliphatic carbocycles. The first-order valence-electron chi connectivity index (χ1n) is 13.6. The van der Waals surface area contributed by atoms with Gasteiger partial charge in [0.2, 0.25) is 11.5 Å². The highest BCUT2D eigenvalue weighted by Crippen LogP contribution is 2.46. The lowest BCUT2D eigenvalue weighted by Crippen LogP contribution is -2.44. The van der Waals surface area contributed by atoms with Crippen molar-refractivity contribution in [3.05, 3.63) is 17.5 Å². The summed E-state index contributed by atoms with van der Waals surface area (Å²) in [6.07, 6.45) is -14.9. The fourth-order valence-electron chi connectivity index (χ4n) is 4.09. The van der Waals surface area contributed by atoms with Crippen LogP contribution in [0, 0.1) is 0 Å². The molecule has 2 amide bonds. The maximum atomic E-state index is 14.4. The Bertz CT molecular complexity index is 1340. The monoisotopic (exact) mass is 640 g/mol. The molecule has 2 aromatic rings. The van der Waals surface area contributed by atoms with Gasteiger partial charge in [0.15, 0.2) is 5.69 Å². The Morgan fingerprint density at radius 1 is 0.955 bits per heavy atom. The van der Waals surface area contributed by atoms with Gasteiger partial charge in [0.25, 0.3) is 11.8 Å². The van der Waals surface area contributed by atoms with E-state index in [1.54, 1.807) is 0 Å². The van der Waals surface area contributed by atoms with Crippen molar-refractivity contribution in [3.63, 3.8) is 0 Å². The van der Waals surface area contributed by atoms with Crippen molar-refractivity contribution in [3.8, 4) is 17.5 Å². The lowest BCUT2D eigenvalue weighted by Gasteiger charge is -2.30. The number of hydrogen-bond acceptors (Lipinski definition) is 10. The molecule has 11 nitrogen and oxygen atoms in total. The molecule has 1 aliphatic rings. The van der Waals surface area contributed by atoms with E-state index in [4.69, 9.17) is 18.6 Å². The Labute approximate surface area is 248 Å². The molecule has 0 unspecified atom stereocenters. The number of carbonyl (C=O) groups excluding carboxylic acids is 2. The number of fused-ring (bicyclic) bond motifs is 5. The summed E-state index contributed by atoms with van der Waals surface area (Å²) in [6, 6.07) is 0.323. The van der Waals surface area contributed by atoms with Crippen LogP contribution in [-0.2, 0) is 21.3 Å². The molecule has 0 radical (unpaired) electrons. The third kappa shape index (κ3) is 8.09. The van der Waals surface area contributed by atoms with Gasteiger partial charge >= 0.3 is 24.5 Å². The Balaban J connectivity index is 2.41. The highest BCUT2D eigenvalue weighted by atomic mass is 19.4. The number of amides is 2. The maximum absolute atomic E-state index is 14.4. The van der Waals surface area contributed by atoms with Crippen molar-refractivity contribution in [2.75, 3.05) is 4.90 Å². The highest BCUT2D eigenvalue weighted by molar-refractivity contribution is 6.11. The van der Waals surface area contributed by atoms with Crippen molar-refractivity contribution in [1.82, 2.24) is 15.2 Å². The largest absolute Gasteiger partial charge is 0.474 e. The zero-order valence-corrected chi connectivity index (χ0v) is 25.1. The van der Waals surface area contributed by atoms with Crippen molar-refractivity contribution < 1.29 is 59.7 Å². The van der Waals surface area contributed by atoms with E-state index in [2.05, 4.69) is 15.2 Å². The molecule has 4 bridgehead atoms. The van der Waals surface area contributed by atoms with E-state index in [9.17, 15) is 41.0 Å². The lowest BCUT2D eigenvalue weighted by molar-refractivity contribution is -0.277. The van der Waals surface area contributed by atoms with E-state index in [0.29, 0.717) is 6.07 Å². The molecule has 3 rings (SSSR count). The van der Waals surface area contributed by atoms with Crippen LogP contribution in [0.4, 0.5) is 41.6 Å². The average Bonchev–Trinajstić information content (AvgIpc) is 3.30. The number of ether oxygens (including phenoxy) is 3. The first-order chi connectivity index (χ1) is 19.9. The van der Waals surface area contributed by atoms with Gasteiger partial charge in [-0.2, -0.15) is 31.2 Å². The third-order valence-electron chi connectivity index (χ3n) is 6.08. The van der Waals surface area contributed by atoms with Crippen LogP contribution < -0.4 is 9.64 Å². The number of aliphatic hydroxyl groups is 1. The summed E-state index contributed by atoms with van der Waals surface area (Å²) in [5, 5.41) is 17.5. The van der Waals surface area contributed by atoms with Crippen molar-refractivity contribution in [1.29, 1.82) is 0 Å². The molecular weight excluding hydrogens is 606 g/mol. The van der Waals surface area contributed by atoms with Crippen LogP contribution in [0.1, 0.15) is 92.0 Å². The summed E-state index contributed by atoms with van der Waals surface area (Å²) in [5.41, 5.74) is -9.51. The van der Waals surface area contributed by atoms with Crippen LogP contribution in [0.15, 0.2) is 10.5 Å². The van der Waals surface area contributed by atoms with Gasteiger partial charge in [0.1, 0.15) is 16.8 Å². The average molecular weight is 641 g/mol. The van der Waals surface area contributed by atoms with Gasteiger partial charge in [-0.1, -0.05) is 6.42 Å². The van der Waals surface area contributed by atoms with Crippen molar-refractivity contribution >= 4 is 17.9 Å². The van der Waals surface area contributed by atoms with Gasteiger partial charge in [0, 0.05) is 0 Å². The Hall–Kier alpha value is -3.63. The first-order valence-corrected chi connectivity index (χ1v) is 13.6. The van der Waals surface area contributed by atoms with Crippen LogP contribution in [-0.4, -0.2) is 56.0 Å². The SMILES string of the molecule is C[C@@H]1CCCCC[C@](O)(C(F)(F)F)c2nnc(o2)-c2nc(c(C(F)(F)F)cc2N(C(=O)OC(C)(C)C)C(=O)OC(C)(C)C)O1. The van der Waals surface area contributed by atoms with Crippen LogP contribution in [0.3, 0.4) is 0 Å². The summed E-state index contributed by atoms with van der Waals surface area (Å²) in [7, 11) is 0.